The minimum atomic E-state index is -0.476. The van der Waals surface area contributed by atoms with Gasteiger partial charge in [-0.25, -0.2) is 8.78 Å². The van der Waals surface area contributed by atoms with E-state index < -0.39 is 11.6 Å². The van der Waals surface area contributed by atoms with Gasteiger partial charge in [-0.1, -0.05) is 13.0 Å². The number of hydrogen-bond acceptors (Lipinski definition) is 2. The van der Waals surface area contributed by atoms with Crippen molar-refractivity contribution in [2.24, 2.45) is 0 Å². The highest BCUT2D eigenvalue weighted by atomic mass is 32.1. The van der Waals surface area contributed by atoms with Gasteiger partial charge in [0.1, 0.15) is 11.6 Å². The molecule has 1 unspecified atom stereocenters. The predicted octanol–water partition coefficient (Wildman–Crippen LogP) is 4.23. The van der Waals surface area contributed by atoms with Crippen LogP contribution in [-0.4, -0.2) is 6.54 Å². The number of thiophene rings is 1. The van der Waals surface area contributed by atoms with Gasteiger partial charge < -0.3 is 5.32 Å². The van der Waals surface area contributed by atoms with Gasteiger partial charge in [-0.2, -0.15) is 0 Å². The summed E-state index contributed by atoms with van der Waals surface area (Å²) < 4.78 is 27.5. The van der Waals surface area contributed by atoms with Crippen LogP contribution in [-0.2, 0) is 6.42 Å². The normalized spacial score (nSPS) is 12.6. The molecule has 2 rings (SSSR count). The Kier molecular flexibility index (Phi) is 4.66. The van der Waals surface area contributed by atoms with Crippen LogP contribution in [0.4, 0.5) is 8.78 Å². The molecule has 0 bridgehead atoms. The highest BCUT2D eigenvalue weighted by Gasteiger charge is 2.18. The minimum absolute atomic E-state index is 0.0531. The van der Waals surface area contributed by atoms with Gasteiger partial charge in [0.25, 0.3) is 0 Å². The number of hydrogen-bond donors (Lipinski definition) is 1. The van der Waals surface area contributed by atoms with Gasteiger partial charge in [0.15, 0.2) is 0 Å². The van der Waals surface area contributed by atoms with E-state index in [4.69, 9.17) is 0 Å². The molecule has 19 heavy (non-hydrogen) atoms. The van der Waals surface area contributed by atoms with Gasteiger partial charge in [0.2, 0.25) is 0 Å². The Balaban J connectivity index is 2.29. The third-order valence-electron chi connectivity index (χ3n) is 3.19. The summed E-state index contributed by atoms with van der Waals surface area (Å²) in [4.78, 5) is 1.18. The summed E-state index contributed by atoms with van der Waals surface area (Å²) >= 11 is 1.65. The first kappa shape index (κ1) is 14.2. The summed E-state index contributed by atoms with van der Waals surface area (Å²) in [6.07, 6.45) is 0.323. The van der Waals surface area contributed by atoms with Crippen molar-refractivity contribution in [3.63, 3.8) is 0 Å². The Morgan fingerprint density at radius 3 is 2.42 bits per heavy atom. The fourth-order valence-corrected chi connectivity index (χ4v) is 2.99. The minimum Gasteiger partial charge on any atom is -0.310 e. The van der Waals surface area contributed by atoms with Crippen molar-refractivity contribution in [3.05, 3.63) is 57.3 Å². The number of halogens is 2. The molecule has 1 nitrogen and oxygen atoms in total. The molecule has 1 aromatic carbocycles. The van der Waals surface area contributed by atoms with Gasteiger partial charge in [-0.15, -0.1) is 11.3 Å². The molecule has 2 aromatic rings. The fraction of sp³-hybridized carbons (Fsp3) is 0.333. The molecule has 0 aliphatic carbocycles. The summed E-state index contributed by atoms with van der Waals surface area (Å²) in [5.74, 6) is -0.952. The third-order valence-corrected chi connectivity index (χ3v) is 4.06. The van der Waals surface area contributed by atoms with Crippen molar-refractivity contribution < 1.29 is 8.78 Å². The second-order valence-electron chi connectivity index (χ2n) is 4.45. The smallest absolute Gasteiger partial charge is 0.129 e. The zero-order valence-electron chi connectivity index (χ0n) is 11.0. The molecule has 4 heteroatoms. The SMILES string of the molecule is CCNC(Cc1c(F)cccc1F)c1ccsc1C. The standard InChI is InChI=1S/C15H17F2NS/c1-3-18-15(11-7-8-19-10(11)2)9-12-13(16)5-4-6-14(12)17/h4-8,15,18H,3,9H2,1-2H3. The Hall–Kier alpha value is -1.26. The number of rotatable bonds is 5. The van der Waals surface area contributed by atoms with Crippen LogP contribution in [0.1, 0.15) is 29.0 Å². The topological polar surface area (TPSA) is 12.0 Å². The summed E-state index contributed by atoms with van der Waals surface area (Å²) in [6.45, 7) is 4.78. The van der Waals surface area contributed by atoms with Crippen molar-refractivity contribution >= 4 is 11.3 Å². The molecule has 1 N–H and O–H groups in total. The fourth-order valence-electron chi connectivity index (χ4n) is 2.23. The molecule has 0 aliphatic heterocycles. The Morgan fingerprint density at radius 2 is 1.89 bits per heavy atom. The number of benzene rings is 1. The van der Waals surface area contributed by atoms with Gasteiger partial charge in [0.05, 0.1) is 0 Å². The average Bonchev–Trinajstić information content (AvgIpc) is 2.79. The maximum Gasteiger partial charge on any atom is 0.129 e. The molecule has 0 spiro atoms. The van der Waals surface area contributed by atoms with Crippen molar-refractivity contribution in [1.82, 2.24) is 5.32 Å². The largest absolute Gasteiger partial charge is 0.310 e. The summed E-state index contributed by atoms with van der Waals surface area (Å²) in [5, 5.41) is 5.31. The van der Waals surface area contributed by atoms with Crippen LogP contribution < -0.4 is 5.32 Å². The van der Waals surface area contributed by atoms with Gasteiger partial charge in [-0.05, 0) is 49.0 Å². The van der Waals surface area contributed by atoms with E-state index in [1.807, 2.05) is 25.3 Å². The van der Waals surface area contributed by atoms with E-state index in [9.17, 15) is 8.78 Å². The van der Waals surface area contributed by atoms with Crippen molar-refractivity contribution in [2.45, 2.75) is 26.3 Å². The van der Waals surface area contributed by atoms with E-state index in [1.165, 1.54) is 23.1 Å². The second-order valence-corrected chi connectivity index (χ2v) is 5.57. The number of likely N-dealkylation sites (N-methyl/N-ethyl adjacent to an activating group) is 1. The molecule has 0 fully saturated rings. The maximum absolute atomic E-state index is 13.7. The van der Waals surface area contributed by atoms with E-state index in [-0.39, 0.29) is 11.6 Å². The molecular weight excluding hydrogens is 264 g/mol. The first-order valence-electron chi connectivity index (χ1n) is 6.33. The lowest BCUT2D eigenvalue weighted by atomic mass is 9.98. The highest BCUT2D eigenvalue weighted by molar-refractivity contribution is 7.10. The average molecular weight is 281 g/mol. The number of aryl methyl sites for hydroxylation is 1. The van der Waals surface area contributed by atoms with Crippen LogP contribution in [0.3, 0.4) is 0 Å². The van der Waals surface area contributed by atoms with Crippen molar-refractivity contribution in [3.8, 4) is 0 Å². The van der Waals surface area contributed by atoms with Gasteiger partial charge in [0, 0.05) is 16.5 Å². The quantitative estimate of drug-likeness (QED) is 0.865. The molecule has 102 valence electrons. The zero-order valence-corrected chi connectivity index (χ0v) is 11.9. The number of nitrogens with one attached hydrogen (secondary N) is 1. The lowest BCUT2D eigenvalue weighted by molar-refractivity contribution is 0.499. The van der Waals surface area contributed by atoms with Crippen molar-refractivity contribution in [2.75, 3.05) is 6.54 Å². The summed E-state index contributed by atoms with van der Waals surface area (Å²) in [6, 6.07) is 5.98. The Morgan fingerprint density at radius 1 is 1.21 bits per heavy atom. The Bertz CT molecular complexity index is 531. The van der Waals surface area contributed by atoms with E-state index in [1.54, 1.807) is 11.3 Å². The van der Waals surface area contributed by atoms with Crippen molar-refractivity contribution in [1.29, 1.82) is 0 Å². The van der Waals surface area contributed by atoms with Crippen LogP contribution >= 0.6 is 11.3 Å². The third kappa shape index (κ3) is 3.19. The predicted molar refractivity (Wildman–Crippen MR) is 75.5 cm³/mol. The van der Waals surface area contributed by atoms with Crippen LogP contribution in [0.5, 0.6) is 0 Å². The van der Waals surface area contributed by atoms with Gasteiger partial charge >= 0.3 is 0 Å². The zero-order chi connectivity index (χ0) is 13.8. The molecule has 1 atom stereocenters. The highest BCUT2D eigenvalue weighted by Crippen LogP contribution is 2.27. The Labute approximate surface area is 116 Å². The first-order valence-corrected chi connectivity index (χ1v) is 7.21. The second kappa shape index (κ2) is 6.26. The van der Waals surface area contributed by atoms with Crippen LogP contribution in [0.25, 0.3) is 0 Å². The monoisotopic (exact) mass is 281 g/mol. The molecule has 0 saturated heterocycles. The van der Waals surface area contributed by atoms with E-state index in [0.29, 0.717) is 6.42 Å². The van der Waals surface area contributed by atoms with E-state index >= 15 is 0 Å². The molecule has 0 aliphatic rings. The van der Waals surface area contributed by atoms with Crippen LogP contribution in [0.2, 0.25) is 0 Å². The maximum atomic E-state index is 13.7. The summed E-state index contributed by atoms with van der Waals surface area (Å²) in [7, 11) is 0. The molecule has 1 heterocycles. The lowest BCUT2D eigenvalue weighted by Gasteiger charge is -2.19. The molecule has 0 saturated carbocycles. The molecule has 0 radical (unpaired) electrons. The molecular formula is C15H17F2NS. The molecule has 1 aromatic heterocycles. The van der Waals surface area contributed by atoms with Crippen LogP contribution in [0.15, 0.2) is 29.6 Å². The van der Waals surface area contributed by atoms with E-state index in [0.717, 1.165) is 12.1 Å². The van der Waals surface area contributed by atoms with E-state index in [2.05, 4.69) is 5.32 Å². The molecule has 0 amide bonds. The lowest BCUT2D eigenvalue weighted by Crippen LogP contribution is -2.24. The van der Waals surface area contributed by atoms with Crippen LogP contribution in [0, 0.1) is 18.6 Å². The van der Waals surface area contributed by atoms with Gasteiger partial charge in [-0.3, -0.25) is 0 Å². The summed E-state index contributed by atoms with van der Waals surface area (Å²) in [5.41, 5.74) is 1.27. The first-order chi connectivity index (χ1) is 9.13.